The predicted octanol–water partition coefficient (Wildman–Crippen LogP) is 2.48. The molecule has 0 unspecified atom stereocenters. The molecule has 0 saturated heterocycles. The molecule has 2 aromatic rings. The molecule has 0 spiro atoms. The van der Waals surface area contributed by atoms with Gasteiger partial charge in [-0.1, -0.05) is 26.0 Å². The van der Waals surface area contributed by atoms with Gasteiger partial charge in [0.2, 0.25) is 5.91 Å². The minimum atomic E-state index is -1.11. The van der Waals surface area contributed by atoms with Gasteiger partial charge in [-0.25, -0.2) is 4.39 Å². The fraction of sp³-hybridized carbons (Fsp3) is 0.400. The first-order valence-corrected chi connectivity index (χ1v) is 8.58. The Kier molecular flexibility index (Phi) is 4.82. The van der Waals surface area contributed by atoms with E-state index in [1.165, 1.54) is 19.1 Å². The Bertz CT molecular complexity index is 834. The summed E-state index contributed by atoms with van der Waals surface area (Å²) in [7, 11) is 0. The van der Waals surface area contributed by atoms with Crippen molar-refractivity contribution >= 4 is 11.6 Å². The lowest BCUT2D eigenvalue weighted by molar-refractivity contribution is -0.116. The Hall–Kier alpha value is -2.31. The number of carbonyl (C=O) groups excluding carboxylic acids is 1. The Labute approximate surface area is 152 Å². The molecule has 1 atom stereocenters. The molecule has 1 aromatic carbocycles. The van der Waals surface area contributed by atoms with Gasteiger partial charge >= 0.3 is 0 Å². The number of hydrogen-bond donors (Lipinski definition) is 2. The first kappa shape index (κ1) is 18.5. The van der Waals surface area contributed by atoms with Crippen LogP contribution in [-0.4, -0.2) is 34.3 Å². The van der Waals surface area contributed by atoms with Gasteiger partial charge in [0.05, 0.1) is 23.7 Å². The van der Waals surface area contributed by atoms with E-state index in [0.717, 1.165) is 16.9 Å². The lowest BCUT2D eigenvalue weighted by atomic mass is 9.90. The zero-order valence-electron chi connectivity index (χ0n) is 15.2. The smallest absolute Gasteiger partial charge is 0.223 e. The van der Waals surface area contributed by atoms with Crippen LogP contribution in [0.1, 0.15) is 49.4 Å². The van der Waals surface area contributed by atoms with Gasteiger partial charge < -0.3 is 15.1 Å². The van der Waals surface area contributed by atoms with Crippen molar-refractivity contribution in [3.63, 3.8) is 0 Å². The number of rotatable bonds is 4. The number of amides is 1. The number of fused-ring (bicyclic) bond motifs is 1. The highest BCUT2D eigenvalue weighted by atomic mass is 19.1. The number of carbonyl (C=O) groups is 1. The second-order valence-corrected chi connectivity index (χ2v) is 7.39. The van der Waals surface area contributed by atoms with Crippen molar-refractivity contribution < 1.29 is 19.4 Å². The van der Waals surface area contributed by atoms with E-state index in [1.807, 2.05) is 19.9 Å². The lowest BCUT2D eigenvalue weighted by Gasteiger charge is -2.19. The van der Waals surface area contributed by atoms with Crippen LogP contribution in [0, 0.1) is 5.82 Å². The number of aliphatic hydroxyl groups is 2. The molecule has 2 N–H and O–H groups in total. The molecular formula is C20H23FN2O3. The van der Waals surface area contributed by atoms with Crippen molar-refractivity contribution in [1.82, 2.24) is 4.98 Å². The van der Waals surface area contributed by atoms with Crippen molar-refractivity contribution in [3.8, 4) is 0 Å². The number of nitrogens with zero attached hydrogens (tertiary/aromatic N) is 2. The highest BCUT2D eigenvalue weighted by molar-refractivity contribution is 5.94. The fourth-order valence-corrected chi connectivity index (χ4v) is 3.44. The summed E-state index contributed by atoms with van der Waals surface area (Å²) in [5, 5.41) is 19.7. The number of aromatic nitrogens is 1. The van der Waals surface area contributed by atoms with Crippen molar-refractivity contribution in [2.24, 2.45) is 0 Å². The molecule has 2 heterocycles. The fourth-order valence-electron chi connectivity index (χ4n) is 3.44. The minimum absolute atomic E-state index is 0.0678. The van der Waals surface area contributed by atoms with E-state index in [2.05, 4.69) is 4.98 Å². The Morgan fingerprint density at radius 1 is 1.35 bits per heavy atom. The second kappa shape index (κ2) is 6.78. The third kappa shape index (κ3) is 3.34. The van der Waals surface area contributed by atoms with Crippen LogP contribution in [-0.2, 0) is 16.6 Å². The van der Waals surface area contributed by atoms with E-state index >= 15 is 0 Å². The van der Waals surface area contributed by atoms with Gasteiger partial charge in [0.1, 0.15) is 11.9 Å². The molecule has 0 saturated carbocycles. The molecule has 6 heteroatoms. The summed E-state index contributed by atoms with van der Waals surface area (Å²) in [6.45, 7) is 5.58. The van der Waals surface area contributed by atoms with Gasteiger partial charge in [0, 0.05) is 18.9 Å². The molecule has 0 radical (unpaired) electrons. The van der Waals surface area contributed by atoms with E-state index in [0.29, 0.717) is 24.2 Å². The number of benzene rings is 1. The molecule has 0 bridgehead atoms. The van der Waals surface area contributed by atoms with Crippen molar-refractivity contribution in [3.05, 3.63) is 58.7 Å². The van der Waals surface area contributed by atoms with Crippen molar-refractivity contribution in [1.29, 1.82) is 0 Å². The zero-order chi connectivity index (χ0) is 19.1. The number of halogens is 1. The molecular weight excluding hydrogens is 335 g/mol. The maximum Gasteiger partial charge on any atom is 0.223 e. The summed E-state index contributed by atoms with van der Waals surface area (Å²) in [5.41, 5.74) is 3.08. The normalized spacial score (nSPS) is 16.5. The van der Waals surface area contributed by atoms with Crippen LogP contribution in [0.3, 0.4) is 0 Å². The Morgan fingerprint density at radius 3 is 2.58 bits per heavy atom. The molecule has 3 rings (SSSR count). The molecule has 1 aromatic heterocycles. The van der Waals surface area contributed by atoms with E-state index in [4.69, 9.17) is 0 Å². The van der Waals surface area contributed by atoms with Crippen LogP contribution in [0.25, 0.3) is 0 Å². The topological polar surface area (TPSA) is 73.7 Å². The van der Waals surface area contributed by atoms with Crippen molar-refractivity contribution in [2.75, 3.05) is 18.1 Å². The third-order valence-electron chi connectivity index (χ3n) is 4.78. The molecule has 0 fully saturated rings. The first-order valence-electron chi connectivity index (χ1n) is 8.58. The van der Waals surface area contributed by atoms with Gasteiger partial charge in [0.15, 0.2) is 0 Å². The van der Waals surface area contributed by atoms with Crippen LogP contribution in [0.4, 0.5) is 10.1 Å². The van der Waals surface area contributed by atoms with E-state index in [1.54, 1.807) is 17.0 Å². The van der Waals surface area contributed by atoms with E-state index < -0.39 is 12.7 Å². The maximum absolute atomic E-state index is 13.2. The van der Waals surface area contributed by atoms with Gasteiger partial charge in [-0.3, -0.25) is 9.78 Å². The maximum atomic E-state index is 13.2. The van der Waals surface area contributed by atoms with E-state index in [9.17, 15) is 19.4 Å². The SMILES string of the molecule is CC(=O)N1CC(C)(C)c2nc([C@@H](O)CO)c(Cc3ccc(F)cc3)cc21. The van der Waals surface area contributed by atoms with E-state index in [-0.39, 0.29) is 17.1 Å². The Morgan fingerprint density at radius 2 is 2.00 bits per heavy atom. The van der Waals surface area contributed by atoms with Gasteiger partial charge in [-0.05, 0) is 35.7 Å². The molecule has 1 aliphatic heterocycles. The minimum Gasteiger partial charge on any atom is -0.393 e. The van der Waals surface area contributed by atoms with Crippen molar-refractivity contribution in [2.45, 2.75) is 38.7 Å². The van der Waals surface area contributed by atoms with Crippen LogP contribution in [0.5, 0.6) is 0 Å². The summed E-state index contributed by atoms with van der Waals surface area (Å²) in [6.07, 6.45) is -0.697. The predicted molar refractivity (Wildman–Crippen MR) is 96.5 cm³/mol. The van der Waals surface area contributed by atoms with Crippen LogP contribution in [0.15, 0.2) is 30.3 Å². The Balaban J connectivity index is 2.12. The zero-order valence-corrected chi connectivity index (χ0v) is 15.2. The van der Waals surface area contributed by atoms with Crippen LogP contribution < -0.4 is 4.90 Å². The monoisotopic (exact) mass is 358 g/mol. The summed E-state index contributed by atoms with van der Waals surface area (Å²) in [5.74, 6) is -0.386. The number of hydrogen-bond acceptors (Lipinski definition) is 4. The molecule has 138 valence electrons. The van der Waals surface area contributed by atoms with Gasteiger partial charge in [-0.15, -0.1) is 0 Å². The second-order valence-electron chi connectivity index (χ2n) is 7.39. The number of anilines is 1. The first-order chi connectivity index (χ1) is 12.2. The van der Waals surface area contributed by atoms with Crippen LogP contribution >= 0.6 is 0 Å². The molecule has 1 aliphatic rings. The van der Waals surface area contributed by atoms with Crippen LogP contribution in [0.2, 0.25) is 0 Å². The summed E-state index contributed by atoms with van der Waals surface area (Å²) < 4.78 is 13.2. The van der Waals surface area contributed by atoms with Gasteiger partial charge in [0.25, 0.3) is 0 Å². The third-order valence-corrected chi connectivity index (χ3v) is 4.78. The summed E-state index contributed by atoms with van der Waals surface area (Å²) >= 11 is 0. The highest BCUT2D eigenvalue weighted by Gasteiger charge is 2.39. The quantitative estimate of drug-likeness (QED) is 0.881. The molecule has 1 amide bonds. The summed E-state index contributed by atoms with van der Waals surface area (Å²) in [6, 6.07) is 7.96. The molecule has 5 nitrogen and oxygen atoms in total. The number of aliphatic hydroxyl groups excluding tert-OH is 2. The molecule has 0 aliphatic carbocycles. The summed E-state index contributed by atoms with van der Waals surface area (Å²) in [4.78, 5) is 18.4. The number of pyridine rings is 1. The highest BCUT2D eigenvalue weighted by Crippen LogP contribution is 2.41. The largest absolute Gasteiger partial charge is 0.393 e. The molecule has 26 heavy (non-hydrogen) atoms. The lowest BCUT2D eigenvalue weighted by Crippen LogP contribution is -2.32. The average molecular weight is 358 g/mol. The average Bonchev–Trinajstić information content (AvgIpc) is 2.86. The standard InChI is InChI=1S/C20H23FN2O3/c1-12(25)23-11-20(2,3)19-16(23)9-14(18(22-19)17(26)10-24)8-13-4-6-15(21)7-5-13/h4-7,9,17,24,26H,8,10-11H2,1-3H3/t17-/m0/s1. The van der Waals surface area contributed by atoms with Gasteiger partial charge in [-0.2, -0.15) is 0 Å².